The number of esters is 1. The zero-order valence-corrected chi connectivity index (χ0v) is 33.6. The van der Waals surface area contributed by atoms with Crippen LogP contribution in [0.25, 0.3) is 11.1 Å². The number of methoxy groups -OCH3 is 1. The maximum absolute atomic E-state index is 13.8. The fourth-order valence-electron chi connectivity index (χ4n) is 9.78. The standard InChI is InChI=1S/C43H49N3O7S2/c1-22-14-25-15-33-24(3)46(35(18-54)38(45(33)4)37(25)39(48)40(22)50-5)34(30-16-36(47)23(2)41-42(30)53-21-52-41)17-51-43(49)32(44)20-55-19-31-28-12-8-6-10-26(28)27-11-7-9-13-29(27)31/h6-14,24,31-35,38,48,54H,15-21,44H2,1-5H3/t24-,32-,33-,34-,35?,38+/m0/s1. The molecular formula is C43H49N3O7S2. The average Bonchev–Trinajstić information content (AvgIpc) is 3.80. The molecule has 2 fully saturated rings. The normalized spacial score (nSPS) is 24.4. The highest BCUT2D eigenvalue weighted by molar-refractivity contribution is 7.99. The first-order valence-corrected chi connectivity index (χ1v) is 20.7. The molecule has 10 nitrogen and oxygen atoms in total. The van der Waals surface area contributed by atoms with E-state index in [1.54, 1.807) is 25.8 Å². The largest absolute Gasteiger partial charge is 0.504 e. The molecule has 1 unspecified atom stereocenters. The lowest BCUT2D eigenvalue weighted by atomic mass is 9.76. The summed E-state index contributed by atoms with van der Waals surface area (Å²) in [5.41, 5.74) is 15.7. The summed E-state index contributed by atoms with van der Waals surface area (Å²) >= 11 is 6.57. The van der Waals surface area contributed by atoms with Gasteiger partial charge in [0.1, 0.15) is 12.6 Å². The van der Waals surface area contributed by atoms with E-state index in [0.29, 0.717) is 46.3 Å². The van der Waals surface area contributed by atoms with E-state index in [1.165, 1.54) is 22.3 Å². The lowest BCUT2D eigenvalue weighted by Gasteiger charge is -2.59. The topological polar surface area (TPSA) is 124 Å². The summed E-state index contributed by atoms with van der Waals surface area (Å²) in [5.74, 6) is 2.81. The fraction of sp³-hybridized carbons (Fsp3) is 0.442. The van der Waals surface area contributed by atoms with Gasteiger partial charge in [0.05, 0.1) is 19.2 Å². The molecule has 3 N–H and O–H groups in total. The number of nitrogens with zero attached hydrogens (tertiary/aromatic N) is 2. The summed E-state index contributed by atoms with van der Waals surface area (Å²) in [5, 5.41) is 11.7. The second-order valence-electron chi connectivity index (χ2n) is 15.3. The molecule has 0 amide bonds. The minimum atomic E-state index is -0.851. The second kappa shape index (κ2) is 15.2. The van der Waals surface area contributed by atoms with Crippen LogP contribution in [0, 0.1) is 6.92 Å². The number of Topliss-reactive ketones (excluding diaryl/α,β-unsaturated/α-hetero) is 1. The Bertz CT molecular complexity index is 2060. The summed E-state index contributed by atoms with van der Waals surface area (Å²) in [4.78, 5) is 31.9. The molecule has 8 rings (SSSR count). The Balaban J connectivity index is 1.07. The van der Waals surface area contributed by atoms with Crippen molar-refractivity contribution in [2.24, 2.45) is 5.73 Å². The van der Waals surface area contributed by atoms with Gasteiger partial charge in [-0.2, -0.15) is 24.4 Å². The van der Waals surface area contributed by atoms with E-state index in [-0.39, 0.29) is 61.4 Å². The lowest BCUT2D eigenvalue weighted by Crippen LogP contribution is -2.69. The van der Waals surface area contributed by atoms with Crippen LogP contribution in [0.2, 0.25) is 0 Å². The van der Waals surface area contributed by atoms with Gasteiger partial charge in [0.2, 0.25) is 6.79 Å². The van der Waals surface area contributed by atoms with Gasteiger partial charge < -0.3 is 29.8 Å². The molecule has 0 spiro atoms. The van der Waals surface area contributed by atoms with E-state index in [4.69, 9.17) is 37.3 Å². The van der Waals surface area contributed by atoms with Crippen molar-refractivity contribution >= 4 is 36.1 Å². The van der Waals surface area contributed by atoms with Crippen molar-refractivity contribution in [3.05, 3.63) is 105 Å². The zero-order valence-electron chi connectivity index (χ0n) is 31.9. The van der Waals surface area contributed by atoms with Crippen molar-refractivity contribution in [2.45, 2.75) is 75.8 Å². The monoisotopic (exact) mass is 783 g/mol. The molecular weight excluding hydrogens is 735 g/mol. The first-order valence-electron chi connectivity index (χ1n) is 19.0. The van der Waals surface area contributed by atoms with Gasteiger partial charge in [-0.25, -0.2) is 0 Å². The van der Waals surface area contributed by atoms with Gasteiger partial charge in [0.15, 0.2) is 28.8 Å². The third-order valence-corrected chi connectivity index (χ3v) is 14.0. The van der Waals surface area contributed by atoms with Gasteiger partial charge >= 0.3 is 5.97 Å². The van der Waals surface area contributed by atoms with Crippen molar-refractivity contribution in [1.29, 1.82) is 0 Å². The van der Waals surface area contributed by atoms with Crippen LogP contribution < -0.4 is 10.5 Å². The van der Waals surface area contributed by atoms with Gasteiger partial charge in [-0.1, -0.05) is 54.6 Å². The minimum Gasteiger partial charge on any atom is -0.504 e. The van der Waals surface area contributed by atoms with Crippen LogP contribution in [0.15, 0.2) is 77.3 Å². The molecule has 0 saturated carbocycles. The van der Waals surface area contributed by atoms with Crippen LogP contribution in [0.3, 0.4) is 0 Å². The van der Waals surface area contributed by atoms with E-state index in [0.717, 1.165) is 22.4 Å². The third kappa shape index (κ3) is 6.34. The summed E-state index contributed by atoms with van der Waals surface area (Å²) in [6.07, 6.45) is 0.794. The number of piperazine rings is 1. The Morgan fingerprint density at radius 1 is 1.09 bits per heavy atom. The van der Waals surface area contributed by atoms with Gasteiger partial charge in [-0.05, 0) is 67.6 Å². The molecule has 2 aliphatic carbocycles. The molecule has 0 radical (unpaired) electrons. The zero-order chi connectivity index (χ0) is 38.7. The molecule has 3 aromatic carbocycles. The molecule has 2 bridgehead atoms. The van der Waals surface area contributed by atoms with E-state index in [9.17, 15) is 14.7 Å². The van der Waals surface area contributed by atoms with E-state index < -0.39 is 18.1 Å². The number of aryl methyl sites for hydroxylation is 1. The van der Waals surface area contributed by atoms with Crippen LogP contribution in [0.1, 0.15) is 60.0 Å². The summed E-state index contributed by atoms with van der Waals surface area (Å²) in [7, 11) is 3.66. The van der Waals surface area contributed by atoms with Crippen LogP contribution in [-0.2, 0) is 30.2 Å². The third-order valence-electron chi connectivity index (χ3n) is 12.4. The molecule has 290 valence electrons. The van der Waals surface area contributed by atoms with Crippen LogP contribution >= 0.6 is 24.4 Å². The van der Waals surface area contributed by atoms with E-state index in [1.807, 2.05) is 6.92 Å². The lowest BCUT2D eigenvalue weighted by molar-refractivity contribution is -0.148. The number of hydrogen-bond acceptors (Lipinski definition) is 12. The molecule has 3 aliphatic heterocycles. The van der Waals surface area contributed by atoms with Crippen molar-refractivity contribution in [1.82, 2.24) is 9.80 Å². The number of hydrogen-bond donors (Lipinski definition) is 3. The molecule has 3 aromatic rings. The molecule has 12 heteroatoms. The SMILES string of the molecule is COc1c(C)cc2c(c1O)[C@H]1C(CS)N([C@@H](COC(=O)[C@@H](N)CSCC3c4ccccc4-c4ccccc43)C3=C4OCOC4=C(C)C(=O)C3)[C@@H](C)[C@H](C2)N1C. The molecule has 6 atom stereocenters. The van der Waals surface area contributed by atoms with Crippen LogP contribution in [0.4, 0.5) is 0 Å². The Morgan fingerprint density at radius 2 is 1.76 bits per heavy atom. The molecule has 5 aliphatic rings. The van der Waals surface area contributed by atoms with Crippen molar-refractivity contribution in [3.63, 3.8) is 0 Å². The number of thioether (sulfide) groups is 1. The number of allylic oxidation sites excluding steroid dienone is 1. The highest BCUT2D eigenvalue weighted by Crippen LogP contribution is 2.52. The van der Waals surface area contributed by atoms with Gasteiger partial charge in [-0.3, -0.25) is 19.4 Å². The predicted octanol–water partition coefficient (Wildman–Crippen LogP) is 5.90. The second-order valence-corrected chi connectivity index (χ2v) is 16.7. The first kappa shape index (κ1) is 38.0. The first-order chi connectivity index (χ1) is 26.5. The van der Waals surface area contributed by atoms with E-state index >= 15 is 0 Å². The quantitative estimate of drug-likeness (QED) is 0.159. The van der Waals surface area contributed by atoms with Gasteiger partial charge in [0.25, 0.3) is 0 Å². The number of nitrogens with two attached hydrogens (primary N) is 1. The molecule has 0 aromatic heterocycles. The maximum atomic E-state index is 13.8. The number of ether oxygens (including phenoxy) is 4. The number of fused-ring (bicyclic) bond motifs is 8. The number of phenolic OH excluding ortho intramolecular Hbond substituents is 1. The Morgan fingerprint density at radius 3 is 2.44 bits per heavy atom. The highest BCUT2D eigenvalue weighted by Gasteiger charge is 2.53. The highest BCUT2D eigenvalue weighted by atomic mass is 32.2. The Labute approximate surface area is 332 Å². The van der Waals surface area contributed by atoms with Crippen molar-refractivity contribution in [2.75, 3.05) is 44.8 Å². The summed E-state index contributed by atoms with van der Waals surface area (Å²) in [6, 6.07) is 17.2. The van der Waals surface area contributed by atoms with Gasteiger partial charge in [-0.15, -0.1) is 0 Å². The summed E-state index contributed by atoms with van der Waals surface area (Å²) < 4.78 is 23.7. The van der Waals surface area contributed by atoms with E-state index in [2.05, 4.69) is 78.4 Å². The number of phenols is 1. The average molecular weight is 784 g/mol. The van der Waals surface area contributed by atoms with Gasteiger partial charge in [0, 0.05) is 64.4 Å². The number of rotatable bonds is 11. The predicted molar refractivity (Wildman–Crippen MR) is 216 cm³/mol. The minimum absolute atomic E-state index is 0.00324. The van der Waals surface area contributed by atoms with Crippen molar-refractivity contribution in [3.8, 4) is 22.6 Å². The Kier molecular flexibility index (Phi) is 10.5. The Hall–Kier alpha value is -3.94. The van der Waals surface area contributed by atoms with Crippen LogP contribution in [-0.4, -0.2) is 102 Å². The number of aromatic hydroxyl groups is 1. The van der Waals surface area contributed by atoms with Crippen LogP contribution in [0.5, 0.6) is 11.5 Å². The number of carbonyl (C=O) groups is 2. The molecule has 2 saturated heterocycles. The smallest absolute Gasteiger partial charge is 0.323 e. The molecule has 3 heterocycles. The number of thiol groups is 1. The number of benzene rings is 3. The number of carbonyl (C=O) groups excluding carboxylic acids is 2. The maximum Gasteiger partial charge on any atom is 0.323 e. The fourth-order valence-corrected chi connectivity index (χ4v) is 11.3. The van der Waals surface area contributed by atoms with Crippen molar-refractivity contribution < 1.29 is 33.6 Å². The number of ketones is 1. The molecule has 55 heavy (non-hydrogen) atoms. The number of likely N-dealkylation sites (N-methyl/N-ethyl adjacent to an activating group) is 1. The summed E-state index contributed by atoms with van der Waals surface area (Å²) in [6.45, 7) is 5.84.